The van der Waals surface area contributed by atoms with Crippen LogP contribution in [0.1, 0.15) is 23.6 Å². The van der Waals surface area contributed by atoms with Crippen molar-refractivity contribution in [2.75, 3.05) is 28.4 Å². The van der Waals surface area contributed by atoms with E-state index in [4.69, 9.17) is 14.2 Å². The summed E-state index contributed by atoms with van der Waals surface area (Å²) in [6.45, 7) is 0. The molecule has 0 amide bonds. The van der Waals surface area contributed by atoms with Gasteiger partial charge in [0.15, 0.2) is 17.2 Å². The van der Waals surface area contributed by atoms with Gasteiger partial charge in [-0.1, -0.05) is 6.07 Å². The molecule has 0 saturated heterocycles. The van der Waals surface area contributed by atoms with Gasteiger partial charge in [-0.05, 0) is 54.8 Å². The van der Waals surface area contributed by atoms with Gasteiger partial charge >= 0.3 is 0 Å². The van der Waals surface area contributed by atoms with E-state index >= 15 is 0 Å². The Morgan fingerprint density at radius 2 is 1.81 bits per heavy atom. The van der Waals surface area contributed by atoms with Crippen LogP contribution in [0, 0.1) is 0 Å². The maximum atomic E-state index is 12.5. The number of ether oxygens (including phenoxy) is 3. The first kappa shape index (κ1) is 18.1. The van der Waals surface area contributed by atoms with E-state index in [-0.39, 0.29) is 28.7 Å². The second-order valence-electron chi connectivity index (χ2n) is 6.16. The molecule has 6 nitrogen and oxygen atoms in total. The molecule has 2 aromatic carbocycles. The van der Waals surface area contributed by atoms with Crippen molar-refractivity contribution in [3.63, 3.8) is 0 Å². The molecule has 0 bridgehead atoms. The Kier molecular flexibility index (Phi) is 5.04. The smallest absolute Gasteiger partial charge is 0.220 e. The van der Waals surface area contributed by atoms with Crippen LogP contribution in [0.4, 0.5) is 0 Å². The minimum atomic E-state index is -0.179. The number of nitrogens with one attached hydrogen (secondary N) is 1. The van der Waals surface area contributed by atoms with E-state index < -0.39 is 0 Å². The second kappa shape index (κ2) is 7.25. The fraction of sp³-hybridized carbons (Fsp3) is 0.350. The molecule has 0 radical (unpaired) electrons. The average Bonchev–Trinajstić information content (AvgIpc) is 2.88. The first-order chi connectivity index (χ1) is 12.5. The fourth-order valence-corrected chi connectivity index (χ4v) is 3.63. The lowest BCUT2D eigenvalue weighted by Gasteiger charge is -2.18. The number of rotatable bonds is 4. The Hall–Kier alpha value is -2.73. The molecule has 2 aromatic rings. The topological polar surface area (TPSA) is 77.0 Å². The van der Waals surface area contributed by atoms with Gasteiger partial charge in [-0.25, -0.2) is 0 Å². The molecule has 0 aliphatic heterocycles. The molecule has 6 heteroatoms. The summed E-state index contributed by atoms with van der Waals surface area (Å²) >= 11 is 0. The van der Waals surface area contributed by atoms with Crippen molar-refractivity contribution in [2.24, 2.45) is 0 Å². The number of methoxy groups -OCH3 is 3. The summed E-state index contributed by atoms with van der Waals surface area (Å²) in [4.78, 5) is 12.5. The number of phenols is 1. The van der Waals surface area contributed by atoms with Crippen molar-refractivity contribution in [2.45, 2.75) is 18.9 Å². The summed E-state index contributed by atoms with van der Waals surface area (Å²) in [5, 5.41) is 13.6. The quantitative estimate of drug-likeness (QED) is 0.876. The molecule has 0 fully saturated rings. The van der Waals surface area contributed by atoms with Gasteiger partial charge in [0.05, 0.1) is 21.3 Å². The minimum absolute atomic E-state index is 0.0138. The van der Waals surface area contributed by atoms with Crippen molar-refractivity contribution in [3.05, 3.63) is 45.6 Å². The molecule has 0 aromatic heterocycles. The Bertz CT molecular complexity index is 894. The highest BCUT2D eigenvalue weighted by atomic mass is 16.5. The van der Waals surface area contributed by atoms with Crippen molar-refractivity contribution in [1.82, 2.24) is 5.32 Å². The highest BCUT2D eigenvalue weighted by Gasteiger charge is 2.28. The summed E-state index contributed by atoms with van der Waals surface area (Å²) < 4.78 is 16.2. The van der Waals surface area contributed by atoms with Gasteiger partial charge in [-0.15, -0.1) is 0 Å². The third-order valence-corrected chi connectivity index (χ3v) is 4.86. The average molecular weight is 357 g/mol. The molecule has 26 heavy (non-hydrogen) atoms. The van der Waals surface area contributed by atoms with Crippen molar-refractivity contribution < 1.29 is 19.3 Å². The number of benzene rings is 1. The number of hydrogen-bond acceptors (Lipinski definition) is 6. The molecule has 0 spiro atoms. The van der Waals surface area contributed by atoms with Crippen LogP contribution in [0.2, 0.25) is 0 Å². The fourth-order valence-electron chi connectivity index (χ4n) is 3.63. The largest absolute Gasteiger partial charge is 0.504 e. The predicted molar refractivity (Wildman–Crippen MR) is 99.6 cm³/mol. The normalized spacial score (nSPS) is 15.5. The zero-order valence-corrected chi connectivity index (χ0v) is 15.4. The third kappa shape index (κ3) is 2.86. The highest BCUT2D eigenvalue weighted by molar-refractivity contribution is 5.82. The predicted octanol–water partition coefficient (Wildman–Crippen LogP) is 2.65. The van der Waals surface area contributed by atoms with Gasteiger partial charge in [0.1, 0.15) is 0 Å². The number of fused-ring (bicyclic) bond motifs is 3. The van der Waals surface area contributed by atoms with E-state index in [0.717, 1.165) is 35.1 Å². The molecular formula is C20H23NO5. The molecule has 3 rings (SSSR count). The number of aromatic hydroxyl groups is 1. The van der Waals surface area contributed by atoms with E-state index in [0.29, 0.717) is 5.75 Å². The zero-order valence-electron chi connectivity index (χ0n) is 15.4. The van der Waals surface area contributed by atoms with Gasteiger partial charge in [0, 0.05) is 11.6 Å². The maximum absolute atomic E-state index is 12.5. The van der Waals surface area contributed by atoms with Crippen LogP contribution in [0.15, 0.2) is 29.1 Å². The number of phenolic OH excluding ortho intramolecular Hbond substituents is 1. The first-order valence-corrected chi connectivity index (χ1v) is 8.42. The van der Waals surface area contributed by atoms with Gasteiger partial charge in [-0.2, -0.15) is 0 Å². The van der Waals surface area contributed by atoms with E-state index in [1.807, 2.05) is 13.1 Å². The van der Waals surface area contributed by atoms with Crippen LogP contribution in [0.5, 0.6) is 23.0 Å². The molecule has 1 aliphatic carbocycles. The van der Waals surface area contributed by atoms with E-state index in [2.05, 4.69) is 5.32 Å². The Balaban J connectivity index is 2.44. The molecule has 1 aliphatic rings. The molecular weight excluding hydrogens is 334 g/mol. The van der Waals surface area contributed by atoms with Crippen LogP contribution >= 0.6 is 0 Å². The lowest BCUT2D eigenvalue weighted by atomic mass is 9.95. The van der Waals surface area contributed by atoms with Gasteiger partial charge < -0.3 is 24.6 Å². The maximum Gasteiger partial charge on any atom is 0.220 e. The van der Waals surface area contributed by atoms with E-state index in [1.165, 1.54) is 14.2 Å². The second-order valence-corrected chi connectivity index (χ2v) is 6.16. The van der Waals surface area contributed by atoms with Crippen molar-refractivity contribution in [1.29, 1.82) is 0 Å². The summed E-state index contributed by atoms with van der Waals surface area (Å²) in [5.41, 5.74) is 3.31. The molecule has 0 unspecified atom stereocenters. The molecule has 138 valence electrons. The first-order valence-electron chi connectivity index (χ1n) is 8.42. The van der Waals surface area contributed by atoms with E-state index in [9.17, 15) is 9.90 Å². The summed E-state index contributed by atoms with van der Waals surface area (Å²) in [6.07, 6.45) is 1.50. The number of aryl methyl sites for hydroxylation is 1. The van der Waals surface area contributed by atoms with Gasteiger partial charge in [0.2, 0.25) is 11.2 Å². The minimum Gasteiger partial charge on any atom is -0.504 e. The Labute approximate surface area is 152 Å². The van der Waals surface area contributed by atoms with Crippen LogP contribution in [-0.4, -0.2) is 33.5 Å². The summed E-state index contributed by atoms with van der Waals surface area (Å²) in [5.74, 6) is 1.05. The van der Waals surface area contributed by atoms with E-state index in [1.54, 1.807) is 25.3 Å². The van der Waals surface area contributed by atoms with Gasteiger partial charge in [0.25, 0.3) is 0 Å². The van der Waals surface area contributed by atoms with Crippen LogP contribution in [0.25, 0.3) is 11.1 Å². The van der Waals surface area contributed by atoms with Crippen LogP contribution in [-0.2, 0) is 6.42 Å². The third-order valence-electron chi connectivity index (χ3n) is 4.86. The lowest BCUT2D eigenvalue weighted by molar-refractivity contribution is 0.333. The van der Waals surface area contributed by atoms with Crippen molar-refractivity contribution in [3.8, 4) is 34.1 Å². The zero-order chi connectivity index (χ0) is 18.8. The van der Waals surface area contributed by atoms with Gasteiger partial charge in [-0.3, -0.25) is 4.79 Å². The monoisotopic (exact) mass is 357 g/mol. The highest BCUT2D eigenvalue weighted by Crippen LogP contribution is 2.49. The summed E-state index contributed by atoms with van der Waals surface area (Å²) in [6, 6.07) is 6.84. The SMILES string of the molecule is CN[C@H]1CCc2cc(O)c(OC)c(OC)c2-c2ccc(OC)c(=O)cc21. The van der Waals surface area contributed by atoms with Crippen molar-refractivity contribution >= 4 is 0 Å². The Morgan fingerprint density at radius 1 is 1.08 bits per heavy atom. The van der Waals surface area contributed by atoms with Crippen LogP contribution in [0.3, 0.4) is 0 Å². The Morgan fingerprint density at radius 3 is 2.42 bits per heavy atom. The molecule has 1 atom stereocenters. The summed E-state index contributed by atoms with van der Waals surface area (Å²) in [7, 11) is 6.38. The molecule has 0 heterocycles. The molecule has 2 N–H and O–H groups in total. The number of hydrogen-bond donors (Lipinski definition) is 2. The lowest BCUT2D eigenvalue weighted by Crippen LogP contribution is -2.17. The molecule has 0 saturated carbocycles. The standard InChI is InChI=1S/C20H23NO5/c1-21-14-7-5-11-9-16(23)19(25-3)20(26-4)18(11)12-6-8-17(24-2)15(22)10-13(12)14/h6,8-10,14,21,23H,5,7H2,1-4H3/t14-/m0/s1. The van der Waals surface area contributed by atoms with Crippen LogP contribution < -0.4 is 25.0 Å².